The lowest BCUT2D eigenvalue weighted by Crippen LogP contribution is -2.34. The lowest BCUT2D eigenvalue weighted by atomic mass is 9.99. The van der Waals surface area contributed by atoms with Crippen LogP contribution in [0, 0.1) is 0 Å². The van der Waals surface area contributed by atoms with E-state index in [-0.39, 0.29) is 17.7 Å². The average Bonchev–Trinajstić information content (AvgIpc) is 2.25. The third kappa shape index (κ3) is 4.78. The minimum atomic E-state index is -0.190. The number of ether oxygens (including phenoxy) is 1. The van der Waals surface area contributed by atoms with Crippen LogP contribution >= 0.6 is 15.9 Å². The zero-order valence-corrected chi connectivity index (χ0v) is 12.6. The molecule has 1 aromatic carbocycles. The molecule has 0 aliphatic heterocycles. The van der Waals surface area contributed by atoms with Gasteiger partial charge >= 0.3 is 0 Å². The first-order valence-electron chi connectivity index (χ1n) is 6.02. The maximum absolute atomic E-state index is 6.16. The van der Waals surface area contributed by atoms with Crippen molar-refractivity contribution < 1.29 is 4.74 Å². The Bertz CT molecular complexity index is 342. The highest BCUT2D eigenvalue weighted by Gasteiger charge is 2.24. The van der Waals surface area contributed by atoms with Crippen molar-refractivity contribution in [3.05, 3.63) is 34.3 Å². The summed E-state index contributed by atoms with van der Waals surface area (Å²) in [5, 5.41) is 0. The van der Waals surface area contributed by atoms with E-state index < -0.39 is 0 Å². The minimum absolute atomic E-state index is 0.0235. The van der Waals surface area contributed by atoms with Crippen LogP contribution in [0.4, 0.5) is 0 Å². The molecule has 0 saturated carbocycles. The Morgan fingerprint density at radius 3 is 2.18 bits per heavy atom. The van der Waals surface area contributed by atoms with Gasteiger partial charge in [0.15, 0.2) is 0 Å². The fraction of sp³-hybridized carbons (Fsp3) is 0.571. The highest BCUT2D eigenvalue weighted by Crippen LogP contribution is 2.28. The molecule has 0 aromatic heterocycles. The number of hydrogen-bond donors (Lipinski definition) is 1. The lowest BCUT2D eigenvalue weighted by molar-refractivity contribution is -0.0728. The van der Waals surface area contributed by atoms with E-state index in [0.29, 0.717) is 0 Å². The molecule has 2 N–H and O–H groups in total. The number of hydrogen-bond acceptors (Lipinski definition) is 2. The zero-order chi connectivity index (χ0) is 13.1. The number of rotatable bonds is 4. The molecule has 17 heavy (non-hydrogen) atoms. The monoisotopic (exact) mass is 299 g/mol. The Kier molecular flexibility index (Phi) is 5.17. The number of benzene rings is 1. The lowest BCUT2D eigenvalue weighted by Gasteiger charge is -2.31. The van der Waals surface area contributed by atoms with Crippen LogP contribution in [-0.2, 0) is 4.74 Å². The number of nitrogens with two attached hydrogens (primary N) is 1. The van der Waals surface area contributed by atoms with Crippen LogP contribution < -0.4 is 5.73 Å². The fourth-order valence-electron chi connectivity index (χ4n) is 1.65. The summed E-state index contributed by atoms with van der Waals surface area (Å²) < 4.78 is 7.15. The summed E-state index contributed by atoms with van der Waals surface area (Å²) in [4.78, 5) is 0. The topological polar surface area (TPSA) is 35.2 Å². The molecule has 2 unspecified atom stereocenters. The molecule has 2 atom stereocenters. The van der Waals surface area contributed by atoms with Crippen molar-refractivity contribution in [1.29, 1.82) is 0 Å². The van der Waals surface area contributed by atoms with Gasteiger partial charge in [0.2, 0.25) is 0 Å². The van der Waals surface area contributed by atoms with Crippen molar-refractivity contribution in [3.8, 4) is 0 Å². The van der Waals surface area contributed by atoms with Gasteiger partial charge in [-0.15, -0.1) is 0 Å². The van der Waals surface area contributed by atoms with Gasteiger partial charge in [0, 0.05) is 10.5 Å². The van der Waals surface area contributed by atoms with E-state index in [2.05, 4.69) is 55.8 Å². The van der Waals surface area contributed by atoms with Gasteiger partial charge in [-0.25, -0.2) is 0 Å². The van der Waals surface area contributed by atoms with Gasteiger partial charge in [-0.05, 0) is 44.9 Å². The first-order valence-corrected chi connectivity index (χ1v) is 6.81. The van der Waals surface area contributed by atoms with E-state index in [1.54, 1.807) is 0 Å². The quantitative estimate of drug-likeness (QED) is 0.910. The molecule has 0 saturated heterocycles. The van der Waals surface area contributed by atoms with Crippen LogP contribution in [0.3, 0.4) is 0 Å². The molecule has 0 aliphatic carbocycles. The number of halogens is 1. The van der Waals surface area contributed by atoms with E-state index in [9.17, 15) is 0 Å². The zero-order valence-electron chi connectivity index (χ0n) is 11.0. The predicted molar refractivity (Wildman–Crippen MR) is 76.0 cm³/mol. The normalized spacial score (nSPS) is 15.6. The van der Waals surface area contributed by atoms with Crippen molar-refractivity contribution in [2.45, 2.75) is 51.9 Å². The first kappa shape index (κ1) is 14.7. The molecule has 1 rings (SSSR count). The summed E-state index contributed by atoms with van der Waals surface area (Å²) in [6.07, 6.45) is 0.852. The van der Waals surface area contributed by atoms with E-state index in [0.717, 1.165) is 16.5 Å². The molecule has 0 amide bonds. The van der Waals surface area contributed by atoms with Crippen molar-refractivity contribution >= 4 is 15.9 Å². The summed E-state index contributed by atoms with van der Waals surface area (Å²) >= 11 is 3.44. The van der Waals surface area contributed by atoms with Gasteiger partial charge in [0.25, 0.3) is 0 Å². The SMILES string of the molecule is CCC(N)C(OC(C)(C)C)c1ccc(Br)cc1. The summed E-state index contributed by atoms with van der Waals surface area (Å²) in [6, 6.07) is 8.20. The Balaban J connectivity index is 2.94. The molecule has 0 aliphatic rings. The maximum Gasteiger partial charge on any atom is 0.0982 e. The van der Waals surface area contributed by atoms with Gasteiger partial charge in [-0.1, -0.05) is 35.0 Å². The van der Waals surface area contributed by atoms with Gasteiger partial charge in [-0.2, -0.15) is 0 Å². The summed E-state index contributed by atoms with van der Waals surface area (Å²) in [5.41, 5.74) is 7.10. The smallest absolute Gasteiger partial charge is 0.0982 e. The molecule has 0 heterocycles. The molecule has 96 valence electrons. The fourth-order valence-corrected chi connectivity index (χ4v) is 1.91. The van der Waals surface area contributed by atoms with Gasteiger partial charge in [0.05, 0.1) is 11.7 Å². The molecule has 0 bridgehead atoms. The highest BCUT2D eigenvalue weighted by molar-refractivity contribution is 9.10. The third-order valence-corrected chi connectivity index (χ3v) is 3.07. The summed E-state index contributed by atoms with van der Waals surface area (Å²) in [5.74, 6) is 0. The van der Waals surface area contributed by atoms with Crippen molar-refractivity contribution in [3.63, 3.8) is 0 Å². The highest BCUT2D eigenvalue weighted by atomic mass is 79.9. The Morgan fingerprint density at radius 2 is 1.76 bits per heavy atom. The molecule has 0 fully saturated rings. The van der Waals surface area contributed by atoms with Gasteiger partial charge in [-0.3, -0.25) is 0 Å². The maximum atomic E-state index is 6.16. The predicted octanol–water partition coefficient (Wildman–Crippen LogP) is 4.04. The van der Waals surface area contributed by atoms with Crippen molar-refractivity contribution in [2.75, 3.05) is 0 Å². The molecule has 3 heteroatoms. The minimum Gasteiger partial charge on any atom is -0.366 e. The second-order valence-electron chi connectivity index (χ2n) is 5.27. The molecular weight excluding hydrogens is 278 g/mol. The second-order valence-corrected chi connectivity index (χ2v) is 6.19. The molecule has 1 aromatic rings. The van der Waals surface area contributed by atoms with E-state index in [1.807, 2.05) is 12.1 Å². The first-order chi connectivity index (χ1) is 7.83. The van der Waals surface area contributed by atoms with Crippen LogP contribution in [0.2, 0.25) is 0 Å². The van der Waals surface area contributed by atoms with Crippen LogP contribution in [0.1, 0.15) is 45.8 Å². The summed E-state index contributed by atoms with van der Waals surface area (Å²) in [6.45, 7) is 8.26. The average molecular weight is 300 g/mol. The second kappa shape index (κ2) is 5.98. The molecule has 0 radical (unpaired) electrons. The Labute approximate surface area is 113 Å². The van der Waals surface area contributed by atoms with E-state index in [1.165, 1.54) is 0 Å². The largest absolute Gasteiger partial charge is 0.366 e. The van der Waals surface area contributed by atoms with Crippen molar-refractivity contribution in [1.82, 2.24) is 0 Å². The van der Waals surface area contributed by atoms with E-state index >= 15 is 0 Å². The molecule has 0 spiro atoms. The Hall–Kier alpha value is -0.380. The van der Waals surface area contributed by atoms with Crippen molar-refractivity contribution in [2.24, 2.45) is 5.73 Å². The standard InChI is InChI=1S/C14H22BrNO/c1-5-12(16)13(17-14(2,3)4)10-6-8-11(15)9-7-10/h6-9,12-13H,5,16H2,1-4H3. The summed E-state index contributed by atoms with van der Waals surface area (Å²) in [7, 11) is 0. The van der Waals surface area contributed by atoms with Gasteiger partial charge < -0.3 is 10.5 Å². The molecule has 2 nitrogen and oxygen atoms in total. The van der Waals surface area contributed by atoms with Crippen LogP contribution in [0.15, 0.2) is 28.7 Å². The van der Waals surface area contributed by atoms with Crippen LogP contribution in [-0.4, -0.2) is 11.6 Å². The Morgan fingerprint density at radius 1 is 1.24 bits per heavy atom. The molecular formula is C14H22BrNO. The van der Waals surface area contributed by atoms with E-state index in [4.69, 9.17) is 10.5 Å². The van der Waals surface area contributed by atoms with Gasteiger partial charge in [0.1, 0.15) is 0 Å². The van der Waals surface area contributed by atoms with Crippen LogP contribution in [0.5, 0.6) is 0 Å². The third-order valence-electron chi connectivity index (χ3n) is 2.54. The van der Waals surface area contributed by atoms with Crippen LogP contribution in [0.25, 0.3) is 0 Å².